The van der Waals surface area contributed by atoms with Gasteiger partial charge < -0.3 is 25.8 Å². The van der Waals surface area contributed by atoms with E-state index in [2.05, 4.69) is 15.6 Å². The van der Waals surface area contributed by atoms with Gasteiger partial charge in [-0.1, -0.05) is 13.0 Å². The van der Waals surface area contributed by atoms with Gasteiger partial charge in [0.2, 0.25) is 5.91 Å². The van der Waals surface area contributed by atoms with Crippen LogP contribution in [0.2, 0.25) is 0 Å². The smallest absolute Gasteiger partial charge is 0.221 e. The maximum absolute atomic E-state index is 11.4. The minimum absolute atomic E-state index is 0. The number of amides is 1. The number of rotatable bonds is 10. The van der Waals surface area contributed by atoms with Gasteiger partial charge in [-0.15, -0.1) is 24.0 Å². The Hall–Kier alpha value is -1.71. The van der Waals surface area contributed by atoms with Crippen LogP contribution in [0.15, 0.2) is 23.2 Å². The number of nitrogens with zero attached hydrogens (tertiary/aromatic N) is 1. The molecule has 0 bridgehead atoms. The SMILES string of the molecule is CCCNC(=O)CCN=C(N)NCCc1ccc(OC)c(OC)c1.I. The number of carbonyl (C=O) groups is 1. The molecule has 0 aliphatic carbocycles. The van der Waals surface area contributed by atoms with Crippen LogP contribution < -0.4 is 25.8 Å². The third kappa shape index (κ3) is 9.37. The van der Waals surface area contributed by atoms with E-state index in [1.165, 1.54) is 0 Å². The normalized spacial score (nSPS) is 10.6. The molecule has 25 heavy (non-hydrogen) atoms. The van der Waals surface area contributed by atoms with Crippen LogP contribution in [0.1, 0.15) is 25.3 Å². The van der Waals surface area contributed by atoms with E-state index in [0.29, 0.717) is 43.5 Å². The molecule has 0 heterocycles. The highest BCUT2D eigenvalue weighted by Crippen LogP contribution is 2.27. The molecule has 0 fully saturated rings. The van der Waals surface area contributed by atoms with E-state index in [1.807, 2.05) is 25.1 Å². The zero-order valence-electron chi connectivity index (χ0n) is 15.1. The molecule has 0 saturated carbocycles. The number of carbonyl (C=O) groups excluding carboxylic acids is 1. The molecule has 0 aliphatic rings. The lowest BCUT2D eigenvalue weighted by molar-refractivity contribution is -0.120. The van der Waals surface area contributed by atoms with Crippen molar-refractivity contribution in [1.82, 2.24) is 10.6 Å². The molecule has 0 spiro atoms. The summed E-state index contributed by atoms with van der Waals surface area (Å²) in [5.41, 5.74) is 6.89. The van der Waals surface area contributed by atoms with Gasteiger partial charge in [-0.25, -0.2) is 0 Å². The van der Waals surface area contributed by atoms with Crippen molar-refractivity contribution >= 4 is 35.8 Å². The third-order valence-electron chi connectivity index (χ3n) is 3.36. The predicted octanol–water partition coefficient (Wildman–Crippen LogP) is 1.68. The summed E-state index contributed by atoms with van der Waals surface area (Å²) in [6.07, 6.45) is 2.04. The zero-order chi connectivity index (χ0) is 17.8. The van der Waals surface area contributed by atoms with Crippen molar-refractivity contribution in [2.24, 2.45) is 10.7 Å². The van der Waals surface area contributed by atoms with Gasteiger partial charge in [0, 0.05) is 19.5 Å². The van der Waals surface area contributed by atoms with Crippen molar-refractivity contribution in [2.45, 2.75) is 26.2 Å². The van der Waals surface area contributed by atoms with E-state index in [1.54, 1.807) is 14.2 Å². The predicted molar refractivity (Wildman–Crippen MR) is 111 cm³/mol. The molecule has 8 heteroatoms. The summed E-state index contributed by atoms with van der Waals surface area (Å²) in [4.78, 5) is 15.6. The molecule has 142 valence electrons. The van der Waals surface area contributed by atoms with Crippen LogP contribution in [-0.4, -0.2) is 45.7 Å². The van der Waals surface area contributed by atoms with Crippen LogP contribution in [0, 0.1) is 0 Å². The van der Waals surface area contributed by atoms with E-state index in [-0.39, 0.29) is 29.9 Å². The molecule has 1 aromatic carbocycles. The van der Waals surface area contributed by atoms with Crippen LogP contribution >= 0.6 is 24.0 Å². The second-order valence-electron chi connectivity index (χ2n) is 5.23. The minimum Gasteiger partial charge on any atom is -0.493 e. The molecule has 0 atom stereocenters. The molecule has 0 aromatic heterocycles. The average molecular weight is 464 g/mol. The molecular weight excluding hydrogens is 435 g/mol. The third-order valence-corrected chi connectivity index (χ3v) is 3.36. The van der Waals surface area contributed by atoms with E-state index >= 15 is 0 Å². The summed E-state index contributed by atoms with van der Waals surface area (Å²) in [6, 6.07) is 5.79. The van der Waals surface area contributed by atoms with Crippen molar-refractivity contribution in [2.75, 3.05) is 33.9 Å². The van der Waals surface area contributed by atoms with Crippen LogP contribution in [0.25, 0.3) is 0 Å². The molecule has 4 N–H and O–H groups in total. The quantitative estimate of drug-likeness (QED) is 0.278. The first-order chi connectivity index (χ1) is 11.6. The summed E-state index contributed by atoms with van der Waals surface area (Å²) >= 11 is 0. The summed E-state index contributed by atoms with van der Waals surface area (Å²) in [5.74, 6) is 1.75. The second kappa shape index (κ2) is 13.6. The second-order valence-corrected chi connectivity index (χ2v) is 5.23. The highest BCUT2D eigenvalue weighted by atomic mass is 127. The number of hydrogen-bond acceptors (Lipinski definition) is 4. The molecule has 1 amide bonds. The molecule has 0 aliphatic heterocycles. The van der Waals surface area contributed by atoms with Gasteiger partial charge in [0.25, 0.3) is 0 Å². The average Bonchev–Trinajstić information content (AvgIpc) is 2.59. The van der Waals surface area contributed by atoms with Crippen LogP contribution in [0.5, 0.6) is 11.5 Å². The number of halogens is 1. The lowest BCUT2D eigenvalue weighted by atomic mass is 10.1. The standard InChI is InChI=1S/C17H28N4O3.HI/c1-4-9-19-16(22)8-11-21-17(18)20-10-7-13-5-6-14(23-2)15(12-13)24-3;/h5-6,12H,4,7-11H2,1-3H3,(H,19,22)(H3,18,20,21);1H. The van der Waals surface area contributed by atoms with Gasteiger partial charge in [0.1, 0.15) is 0 Å². The van der Waals surface area contributed by atoms with Gasteiger partial charge in [0.15, 0.2) is 17.5 Å². The van der Waals surface area contributed by atoms with Gasteiger partial charge in [-0.05, 0) is 30.5 Å². The van der Waals surface area contributed by atoms with E-state index < -0.39 is 0 Å². The fourth-order valence-electron chi connectivity index (χ4n) is 2.06. The Bertz CT molecular complexity index is 553. The van der Waals surface area contributed by atoms with Crippen LogP contribution in [0.3, 0.4) is 0 Å². The number of benzene rings is 1. The molecule has 1 aromatic rings. The number of ether oxygens (including phenoxy) is 2. The van der Waals surface area contributed by atoms with Crippen molar-refractivity contribution in [3.8, 4) is 11.5 Å². The first-order valence-corrected chi connectivity index (χ1v) is 8.12. The lowest BCUT2D eigenvalue weighted by Crippen LogP contribution is -2.33. The zero-order valence-corrected chi connectivity index (χ0v) is 17.5. The number of guanidine groups is 1. The number of methoxy groups -OCH3 is 2. The van der Waals surface area contributed by atoms with E-state index in [4.69, 9.17) is 15.2 Å². The Kier molecular flexibility index (Phi) is 12.6. The Morgan fingerprint density at radius 1 is 1.16 bits per heavy atom. The topological polar surface area (TPSA) is 98.0 Å². The summed E-state index contributed by atoms with van der Waals surface area (Å²) in [7, 11) is 3.22. The number of hydrogen-bond donors (Lipinski definition) is 3. The minimum atomic E-state index is -0.00118. The molecule has 7 nitrogen and oxygen atoms in total. The van der Waals surface area contributed by atoms with Gasteiger partial charge in [-0.3, -0.25) is 9.79 Å². The monoisotopic (exact) mass is 464 g/mol. The maximum atomic E-state index is 11.4. The van der Waals surface area contributed by atoms with Crippen molar-refractivity contribution < 1.29 is 14.3 Å². The number of aliphatic imine (C=N–C) groups is 1. The molecule has 0 radical (unpaired) electrons. The highest BCUT2D eigenvalue weighted by molar-refractivity contribution is 14.0. The van der Waals surface area contributed by atoms with Gasteiger partial charge >= 0.3 is 0 Å². The fourth-order valence-corrected chi connectivity index (χ4v) is 2.06. The highest BCUT2D eigenvalue weighted by Gasteiger charge is 2.04. The van der Waals surface area contributed by atoms with Gasteiger partial charge in [-0.2, -0.15) is 0 Å². The number of nitrogens with one attached hydrogen (secondary N) is 2. The fraction of sp³-hybridized carbons (Fsp3) is 0.529. The van der Waals surface area contributed by atoms with Crippen molar-refractivity contribution in [1.29, 1.82) is 0 Å². The summed E-state index contributed by atoms with van der Waals surface area (Å²) in [5, 5.41) is 5.84. The maximum Gasteiger partial charge on any atom is 0.221 e. The first-order valence-electron chi connectivity index (χ1n) is 8.12. The Morgan fingerprint density at radius 3 is 2.52 bits per heavy atom. The molecule has 0 saturated heterocycles. The molecular formula is C17H29IN4O3. The van der Waals surface area contributed by atoms with E-state index in [0.717, 1.165) is 18.4 Å². The first kappa shape index (κ1) is 23.3. The van der Waals surface area contributed by atoms with Crippen LogP contribution in [-0.2, 0) is 11.2 Å². The summed E-state index contributed by atoms with van der Waals surface area (Å²) < 4.78 is 10.5. The largest absolute Gasteiger partial charge is 0.493 e. The Morgan fingerprint density at radius 2 is 1.88 bits per heavy atom. The van der Waals surface area contributed by atoms with Crippen molar-refractivity contribution in [3.05, 3.63) is 23.8 Å². The Balaban J connectivity index is 0.00000576. The molecule has 1 rings (SSSR count). The number of nitrogens with two attached hydrogens (primary N) is 1. The lowest BCUT2D eigenvalue weighted by Gasteiger charge is -2.10. The van der Waals surface area contributed by atoms with Gasteiger partial charge in [0.05, 0.1) is 20.8 Å². The van der Waals surface area contributed by atoms with Crippen molar-refractivity contribution in [3.63, 3.8) is 0 Å². The summed E-state index contributed by atoms with van der Waals surface area (Å²) in [6.45, 7) is 3.73. The Labute approximate surface area is 166 Å². The molecule has 0 unspecified atom stereocenters. The van der Waals surface area contributed by atoms with Crippen LogP contribution in [0.4, 0.5) is 0 Å². The van der Waals surface area contributed by atoms with E-state index in [9.17, 15) is 4.79 Å².